The second kappa shape index (κ2) is 9.58. The van der Waals surface area contributed by atoms with E-state index in [0.717, 1.165) is 0 Å². The van der Waals surface area contributed by atoms with E-state index in [1.54, 1.807) is 0 Å². The first kappa shape index (κ1) is 26.4. The number of hydrogen-bond donors (Lipinski definition) is 0. The average Bonchev–Trinajstić information content (AvgIpc) is 2.96. The first-order chi connectivity index (χ1) is 13.7. The number of rotatable bonds is 10. The summed E-state index contributed by atoms with van der Waals surface area (Å²) in [7, 11) is -0.995. The molecule has 4 nitrogen and oxygen atoms in total. The Morgan fingerprint density at radius 2 is 1.03 bits per heavy atom. The molecule has 2 fully saturated rings. The molecule has 1 atom stereocenters. The summed E-state index contributed by atoms with van der Waals surface area (Å²) in [4.78, 5) is 0. The molecule has 1 unspecified atom stereocenters. The summed E-state index contributed by atoms with van der Waals surface area (Å²) in [5.74, 6) is 0.489. The van der Waals surface area contributed by atoms with Gasteiger partial charge >= 0.3 is 14.2 Å². The minimum Gasteiger partial charge on any atom is -0.403 e. The molecule has 2 aliphatic heterocycles. The van der Waals surface area contributed by atoms with Crippen molar-refractivity contribution in [3.63, 3.8) is 0 Å². The highest BCUT2D eigenvalue weighted by atomic mass is 28.3. The third kappa shape index (κ3) is 5.39. The number of unbranched alkanes of at least 4 members (excludes halogenated alkanes) is 1. The lowest BCUT2D eigenvalue weighted by Crippen LogP contribution is -2.43. The van der Waals surface area contributed by atoms with Crippen LogP contribution < -0.4 is 0 Å². The van der Waals surface area contributed by atoms with Gasteiger partial charge in [-0.2, -0.15) is 0 Å². The topological polar surface area (TPSA) is 36.9 Å². The highest BCUT2D eigenvalue weighted by molar-refractivity contribution is 6.69. The standard InChI is InChI=1S/C23H47B2O4Si/c1-12-15-16-18(17-30(13-2)14-3)19(24-26-20(4,5)21(6,7)27-24)25-28-22(8,9)23(10,11)29-25/h18-19H,12-17H2,1-11H3. The molecule has 2 heterocycles. The van der Waals surface area contributed by atoms with E-state index in [1.165, 1.54) is 37.4 Å². The Labute approximate surface area is 189 Å². The van der Waals surface area contributed by atoms with Crippen molar-refractivity contribution in [3.8, 4) is 0 Å². The van der Waals surface area contributed by atoms with Crippen LogP contribution in [0.3, 0.4) is 0 Å². The predicted octanol–water partition coefficient (Wildman–Crippen LogP) is 6.42. The summed E-state index contributed by atoms with van der Waals surface area (Å²) in [5, 5.41) is 0. The van der Waals surface area contributed by atoms with Crippen molar-refractivity contribution in [1.82, 2.24) is 0 Å². The van der Waals surface area contributed by atoms with E-state index in [2.05, 4.69) is 76.2 Å². The van der Waals surface area contributed by atoms with Crippen molar-refractivity contribution in [1.29, 1.82) is 0 Å². The van der Waals surface area contributed by atoms with E-state index in [1.807, 2.05) is 0 Å². The Morgan fingerprint density at radius 3 is 1.33 bits per heavy atom. The molecule has 1 radical (unpaired) electrons. The average molecular weight is 437 g/mol. The minimum atomic E-state index is -0.390. The van der Waals surface area contributed by atoms with Gasteiger partial charge in [-0.3, -0.25) is 0 Å². The summed E-state index contributed by atoms with van der Waals surface area (Å²) >= 11 is 0. The Hall–Kier alpha value is 0.187. The van der Waals surface area contributed by atoms with E-state index < -0.39 is 8.80 Å². The van der Waals surface area contributed by atoms with Crippen LogP contribution in [0.4, 0.5) is 0 Å². The van der Waals surface area contributed by atoms with Gasteiger partial charge in [0, 0.05) is 14.5 Å². The summed E-state index contributed by atoms with van der Waals surface area (Å²) < 4.78 is 26.5. The van der Waals surface area contributed by atoms with E-state index >= 15 is 0 Å². The van der Waals surface area contributed by atoms with Crippen molar-refractivity contribution in [2.45, 2.75) is 142 Å². The van der Waals surface area contributed by atoms with Gasteiger partial charge in [0.25, 0.3) is 0 Å². The highest BCUT2D eigenvalue weighted by Crippen LogP contribution is 2.49. The lowest BCUT2D eigenvalue weighted by atomic mass is 9.46. The molecule has 173 valence electrons. The largest absolute Gasteiger partial charge is 0.459 e. The Morgan fingerprint density at radius 1 is 0.667 bits per heavy atom. The van der Waals surface area contributed by atoms with Gasteiger partial charge in [-0.1, -0.05) is 58.2 Å². The minimum absolute atomic E-state index is 0.0803. The zero-order valence-electron chi connectivity index (χ0n) is 21.7. The van der Waals surface area contributed by atoms with Crippen LogP contribution in [-0.4, -0.2) is 45.4 Å². The third-order valence-corrected chi connectivity index (χ3v) is 11.3. The predicted molar refractivity (Wildman–Crippen MR) is 130 cm³/mol. The summed E-state index contributed by atoms with van der Waals surface area (Å²) in [5.41, 5.74) is -1.32. The monoisotopic (exact) mass is 437 g/mol. The lowest BCUT2D eigenvalue weighted by Gasteiger charge is -2.32. The van der Waals surface area contributed by atoms with E-state index in [9.17, 15) is 0 Å². The second-order valence-electron chi connectivity index (χ2n) is 11.4. The van der Waals surface area contributed by atoms with Crippen molar-refractivity contribution in [3.05, 3.63) is 0 Å². The Bertz CT molecular complexity index is 495. The zero-order valence-corrected chi connectivity index (χ0v) is 22.7. The van der Waals surface area contributed by atoms with Crippen molar-refractivity contribution < 1.29 is 18.6 Å². The van der Waals surface area contributed by atoms with Gasteiger partial charge in [0.05, 0.1) is 22.4 Å². The smallest absolute Gasteiger partial charge is 0.403 e. The van der Waals surface area contributed by atoms with Gasteiger partial charge in [-0.25, -0.2) is 0 Å². The fourth-order valence-electron chi connectivity index (χ4n) is 4.47. The molecule has 0 saturated carbocycles. The van der Waals surface area contributed by atoms with Crippen molar-refractivity contribution in [2.24, 2.45) is 5.92 Å². The molecule has 2 rings (SSSR count). The first-order valence-corrected chi connectivity index (χ1v) is 14.4. The van der Waals surface area contributed by atoms with Crippen LogP contribution in [0.1, 0.15) is 95.4 Å². The van der Waals surface area contributed by atoms with E-state index in [4.69, 9.17) is 18.6 Å². The van der Waals surface area contributed by atoms with Crippen LogP contribution in [-0.2, 0) is 18.6 Å². The molecule has 0 aromatic heterocycles. The molecule has 0 aromatic carbocycles. The SMILES string of the molecule is CCCCC(C[Si](CC)CC)C(B1OC(C)(C)C(C)(C)O1)B1OC(C)(C)C(C)(C)O1. The van der Waals surface area contributed by atoms with Gasteiger partial charge < -0.3 is 18.6 Å². The van der Waals surface area contributed by atoms with E-state index in [0.29, 0.717) is 5.92 Å². The highest BCUT2D eigenvalue weighted by Gasteiger charge is 2.63. The summed E-state index contributed by atoms with van der Waals surface area (Å²) in [6.45, 7) is 24.1. The fraction of sp³-hybridized carbons (Fsp3) is 1.00. The fourth-order valence-corrected chi connectivity index (χ4v) is 6.77. The molecule has 2 aliphatic rings. The zero-order chi connectivity index (χ0) is 23.0. The maximum Gasteiger partial charge on any atom is 0.459 e. The van der Waals surface area contributed by atoms with Gasteiger partial charge in [-0.05, 0) is 61.3 Å². The molecule has 30 heavy (non-hydrogen) atoms. The molecular weight excluding hydrogens is 390 g/mol. The lowest BCUT2D eigenvalue weighted by molar-refractivity contribution is 0.00578. The molecule has 0 bridgehead atoms. The summed E-state index contributed by atoms with van der Waals surface area (Å²) in [6.07, 6.45) is 3.61. The van der Waals surface area contributed by atoms with Gasteiger partial charge in [0.2, 0.25) is 0 Å². The van der Waals surface area contributed by atoms with Crippen LogP contribution in [0.15, 0.2) is 0 Å². The molecule has 7 heteroatoms. The molecular formula is C23H47B2O4Si. The molecule has 0 N–H and O–H groups in total. The van der Waals surface area contributed by atoms with Crippen LogP contribution in [0, 0.1) is 5.92 Å². The van der Waals surface area contributed by atoms with Crippen LogP contribution >= 0.6 is 0 Å². The van der Waals surface area contributed by atoms with Crippen LogP contribution in [0.2, 0.25) is 23.8 Å². The number of hydrogen-bond acceptors (Lipinski definition) is 4. The van der Waals surface area contributed by atoms with E-state index in [-0.39, 0.29) is 42.4 Å². The van der Waals surface area contributed by atoms with Gasteiger partial charge in [0.1, 0.15) is 0 Å². The van der Waals surface area contributed by atoms with Crippen LogP contribution in [0.25, 0.3) is 0 Å². The quantitative estimate of drug-likeness (QED) is 0.370. The maximum atomic E-state index is 6.61. The second-order valence-corrected chi connectivity index (χ2v) is 14.7. The molecule has 0 aromatic rings. The molecule has 0 spiro atoms. The molecule has 0 aliphatic carbocycles. The first-order valence-electron chi connectivity index (χ1n) is 12.3. The molecule has 0 amide bonds. The van der Waals surface area contributed by atoms with Gasteiger partial charge in [-0.15, -0.1) is 0 Å². The van der Waals surface area contributed by atoms with Crippen LogP contribution in [0.5, 0.6) is 0 Å². The summed E-state index contributed by atoms with van der Waals surface area (Å²) in [6, 6.07) is 3.89. The van der Waals surface area contributed by atoms with Gasteiger partial charge in [0.15, 0.2) is 0 Å². The Balaban J connectivity index is 2.41. The third-order valence-electron chi connectivity index (χ3n) is 8.20. The Kier molecular flexibility index (Phi) is 8.45. The maximum absolute atomic E-state index is 6.61. The normalized spacial score (nSPS) is 25.5. The van der Waals surface area contributed by atoms with Crippen molar-refractivity contribution >= 4 is 23.0 Å². The molecule has 2 saturated heterocycles. The van der Waals surface area contributed by atoms with Crippen molar-refractivity contribution in [2.75, 3.05) is 0 Å².